The molecule has 3 saturated heterocycles. The SMILES string of the molecule is C=CCCCCOC(=O)[C@@H]1[C@H]2C(=O)N(CCCCCO)C(C(=O)N(CC=C)C(C)CCC)C23CC[C@H]1S3. The number of aliphatic hydroxyl groups is 1. The van der Waals surface area contributed by atoms with Crippen LogP contribution in [-0.4, -0.2) is 81.1 Å². The second kappa shape index (κ2) is 13.8. The van der Waals surface area contributed by atoms with Crippen molar-refractivity contribution in [2.45, 2.75) is 100 Å². The van der Waals surface area contributed by atoms with E-state index in [4.69, 9.17) is 4.74 Å². The summed E-state index contributed by atoms with van der Waals surface area (Å²) in [5, 5.41) is 9.23. The molecule has 208 valence electrons. The number of esters is 1. The molecule has 2 bridgehead atoms. The number of hydrogen-bond acceptors (Lipinski definition) is 6. The lowest BCUT2D eigenvalue weighted by molar-refractivity contribution is -0.154. The van der Waals surface area contributed by atoms with Crippen molar-refractivity contribution in [3.8, 4) is 0 Å². The van der Waals surface area contributed by atoms with Crippen LogP contribution in [0.25, 0.3) is 0 Å². The number of carbonyl (C=O) groups is 3. The highest BCUT2D eigenvalue weighted by Gasteiger charge is 2.74. The Labute approximate surface area is 227 Å². The Kier molecular flexibility index (Phi) is 11.1. The first-order valence-electron chi connectivity index (χ1n) is 14.2. The van der Waals surface area contributed by atoms with Gasteiger partial charge in [-0.05, 0) is 64.7 Å². The number of allylic oxidation sites excluding steroid dienone is 1. The molecular formula is C29H46N2O5S. The van der Waals surface area contributed by atoms with Gasteiger partial charge < -0.3 is 19.6 Å². The van der Waals surface area contributed by atoms with E-state index >= 15 is 0 Å². The average Bonchev–Trinajstić information content (AvgIpc) is 3.52. The largest absolute Gasteiger partial charge is 0.465 e. The van der Waals surface area contributed by atoms with Crippen LogP contribution in [0.2, 0.25) is 0 Å². The Bertz CT molecular complexity index is 835. The van der Waals surface area contributed by atoms with Gasteiger partial charge in [0.15, 0.2) is 0 Å². The molecule has 3 unspecified atom stereocenters. The van der Waals surface area contributed by atoms with Gasteiger partial charge in [-0.25, -0.2) is 0 Å². The van der Waals surface area contributed by atoms with Gasteiger partial charge in [-0.3, -0.25) is 14.4 Å². The van der Waals surface area contributed by atoms with Gasteiger partial charge in [0.05, 0.1) is 23.2 Å². The molecule has 6 atom stereocenters. The summed E-state index contributed by atoms with van der Waals surface area (Å²) in [6, 6.07) is -0.545. The summed E-state index contributed by atoms with van der Waals surface area (Å²) < 4.78 is 5.10. The molecule has 3 fully saturated rings. The first-order valence-corrected chi connectivity index (χ1v) is 15.0. The number of aliphatic hydroxyl groups excluding tert-OH is 1. The van der Waals surface area contributed by atoms with Crippen LogP contribution in [-0.2, 0) is 19.1 Å². The first kappa shape index (κ1) is 29.8. The highest BCUT2D eigenvalue weighted by molar-refractivity contribution is 8.02. The Hall–Kier alpha value is -1.80. The highest BCUT2D eigenvalue weighted by atomic mass is 32.2. The van der Waals surface area contributed by atoms with Gasteiger partial charge in [-0.15, -0.1) is 24.9 Å². The van der Waals surface area contributed by atoms with E-state index in [0.29, 0.717) is 26.1 Å². The molecular weight excluding hydrogens is 488 g/mol. The average molecular weight is 535 g/mol. The van der Waals surface area contributed by atoms with Crippen LogP contribution in [0.3, 0.4) is 0 Å². The van der Waals surface area contributed by atoms with Crippen LogP contribution in [0.5, 0.6) is 0 Å². The summed E-state index contributed by atoms with van der Waals surface area (Å²) in [4.78, 5) is 45.2. The van der Waals surface area contributed by atoms with Crippen LogP contribution in [0.1, 0.15) is 78.1 Å². The minimum atomic E-state index is -0.590. The first-order chi connectivity index (χ1) is 17.9. The predicted molar refractivity (Wildman–Crippen MR) is 148 cm³/mol. The van der Waals surface area contributed by atoms with Gasteiger partial charge in [0.25, 0.3) is 0 Å². The van der Waals surface area contributed by atoms with Crippen molar-refractivity contribution in [2.75, 3.05) is 26.3 Å². The van der Waals surface area contributed by atoms with Crippen molar-refractivity contribution < 1.29 is 24.2 Å². The van der Waals surface area contributed by atoms with Crippen LogP contribution in [0.15, 0.2) is 25.3 Å². The quantitative estimate of drug-likeness (QED) is 0.170. The highest BCUT2D eigenvalue weighted by Crippen LogP contribution is 2.66. The third kappa shape index (κ3) is 6.11. The molecule has 0 aliphatic carbocycles. The van der Waals surface area contributed by atoms with Crippen LogP contribution in [0.4, 0.5) is 0 Å². The summed E-state index contributed by atoms with van der Waals surface area (Å²) in [6.45, 7) is 13.1. The molecule has 37 heavy (non-hydrogen) atoms. The molecule has 0 saturated carbocycles. The summed E-state index contributed by atoms with van der Waals surface area (Å²) in [5.74, 6) is -1.40. The fraction of sp³-hybridized carbons (Fsp3) is 0.759. The van der Waals surface area contributed by atoms with Crippen LogP contribution < -0.4 is 0 Å². The molecule has 7 nitrogen and oxygen atoms in total. The molecule has 8 heteroatoms. The Morgan fingerprint density at radius 1 is 1.24 bits per heavy atom. The van der Waals surface area contributed by atoms with E-state index in [1.54, 1.807) is 22.7 Å². The zero-order valence-electron chi connectivity index (χ0n) is 22.7. The van der Waals surface area contributed by atoms with Crippen molar-refractivity contribution in [1.82, 2.24) is 9.80 Å². The van der Waals surface area contributed by atoms with Gasteiger partial charge in [-0.1, -0.05) is 25.5 Å². The van der Waals surface area contributed by atoms with Crippen LogP contribution in [0, 0.1) is 11.8 Å². The zero-order valence-corrected chi connectivity index (χ0v) is 23.6. The number of fused-ring (bicyclic) bond motifs is 1. The molecule has 1 spiro atoms. The minimum absolute atomic E-state index is 0.0161. The normalized spacial score (nSPS) is 28.7. The molecule has 0 aromatic heterocycles. The van der Waals surface area contributed by atoms with Gasteiger partial charge in [0, 0.05) is 31.0 Å². The number of unbranched alkanes of at least 4 members (excludes halogenated alkanes) is 4. The maximum atomic E-state index is 14.3. The Balaban J connectivity index is 1.88. The second-order valence-corrected chi connectivity index (χ2v) is 12.3. The second-order valence-electron chi connectivity index (χ2n) is 10.7. The number of ether oxygens (including phenoxy) is 1. The van der Waals surface area contributed by atoms with E-state index in [9.17, 15) is 19.5 Å². The van der Waals surface area contributed by atoms with Crippen molar-refractivity contribution in [3.05, 3.63) is 25.3 Å². The van der Waals surface area contributed by atoms with Gasteiger partial charge >= 0.3 is 5.97 Å². The standard InChI is InChI=1S/C29H46N2O5S/c1-5-8-9-13-20-36-28(35)23-22-15-16-29(37-22)24(23)26(33)31(18-11-10-12-19-32)25(29)27(34)30(17-7-3)21(4)14-6-2/h5,7,21-25,32H,1,3,6,8-20H2,2,4H3/t21?,22-,23+,24+,25?,29?/m1/s1. The monoisotopic (exact) mass is 534 g/mol. The molecule has 0 aromatic carbocycles. The van der Waals surface area contributed by atoms with Crippen molar-refractivity contribution in [2.24, 2.45) is 11.8 Å². The molecule has 2 amide bonds. The molecule has 1 N–H and O–H groups in total. The van der Waals surface area contributed by atoms with Gasteiger partial charge in [-0.2, -0.15) is 0 Å². The third-order valence-electron chi connectivity index (χ3n) is 8.26. The Morgan fingerprint density at radius 3 is 2.70 bits per heavy atom. The number of amides is 2. The molecule has 3 heterocycles. The summed E-state index contributed by atoms with van der Waals surface area (Å²) in [5.41, 5.74) is 0. The van der Waals surface area contributed by atoms with Crippen molar-refractivity contribution in [1.29, 1.82) is 0 Å². The molecule has 3 aliphatic heterocycles. The van der Waals surface area contributed by atoms with E-state index in [0.717, 1.165) is 57.8 Å². The zero-order chi connectivity index (χ0) is 27.0. The topological polar surface area (TPSA) is 87.1 Å². The van der Waals surface area contributed by atoms with E-state index in [1.165, 1.54) is 0 Å². The molecule has 3 aliphatic rings. The van der Waals surface area contributed by atoms with E-state index in [2.05, 4.69) is 27.0 Å². The van der Waals surface area contributed by atoms with E-state index in [-0.39, 0.29) is 35.7 Å². The van der Waals surface area contributed by atoms with Crippen molar-refractivity contribution >= 4 is 29.5 Å². The lowest BCUT2D eigenvalue weighted by atomic mass is 9.71. The lowest BCUT2D eigenvalue weighted by Crippen LogP contribution is -2.56. The number of nitrogens with zero attached hydrogens (tertiary/aromatic N) is 2. The Morgan fingerprint density at radius 2 is 2.03 bits per heavy atom. The van der Waals surface area contributed by atoms with E-state index < -0.39 is 22.6 Å². The molecule has 0 aromatic rings. The summed E-state index contributed by atoms with van der Waals surface area (Å²) in [6.07, 6.45) is 11.8. The minimum Gasteiger partial charge on any atom is -0.465 e. The van der Waals surface area contributed by atoms with Crippen molar-refractivity contribution in [3.63, 3.8) is 0 Å². The summed E-state index contributed by atoms with van der Waals surface area (Å²) in [7, 11) is 0. The number of rotatable bonds is 17. The fourth-order valence-electron chi connectivity index (χ4n) is 6.53. The molecule has 3 rings (SSSR count). The maximum absolute atomic E-state index is 14.3. The predicted octanol–water partition coefficient (Wildman–Crippen LogP) is 4.34. The number of hydrogen-bond donors (Lipinski definition) is 1. The maximum Gasteiger partial charge on any atom is 0.310 e. The molecule has 0 radical (unpaired) electrons. The smallest absolute Gasteiger partial charge is 0.310 e. The number of likely N-dealkylation sites (tertiary alicyclic amines) is 1. The number of carbonyl (C=O) groups excluding carboxylic acids is 3. The summed E-state index contributed by atoms with van der Waals surface area (Å²) >= 11 is 1.69. The fourth-order valence-corrected chi connectivity index (χ4v) is 8.73. The van der Waals surface area contributed by atoms with Gasteiger partial charge in [0.1, 0.15) is 6.04 Å². The third-order valence-corrected chi connectivity index (χ3v) is 10.2. The van der Waals surface area contributed by atoms with E-state index in [1.807, 2.05) is 11.0 Å². The lowest BCUT2D eigenvalue weighted by Gasteiger charge is -2.39. The van der Waals surface area contributed by atoms with Gasteiger partial charge in [0.2, 0.25) is 11.8 Å². The van der Waals surface area contributed by atoms with Crippen LogP contribution >= 0.6 is 11.8 Å². The number of thioether (sulfide) groups is 1.